The lowest BCUT2D eigenvalue weighted by Gasteiger charge is -2.50. The number of aliphatic hydroxyl groups excluding tert-OH is 2. The van der Waals surface area contributed by atoms with Gasteiger partial charge in [0.05, 0.1) is 17.3 Å². The van der Waals surface area contributed by atoms with Gasteiger partial charge in [-0.1, -0.05) is 5.16 Å². The lowest BCUT2D eigenvalue weighted by atomic mass is 9.57. The maximum atomic E-state index is 14.0. The van der Waals surface area contributed by atoms with Gasteiger partial charge in [-0.3, -0.25) is 19.3 Å². The molecular weight excluding hydrogens is 508 g/mol. The highest BCUT2D eigenvalue weighted by atomic mass is 16.6. The number of fused-ring (bicyclic) bond motifs is 3. The third-order valence-corrected chi connectivity index (χ3v) is 7.90. The molecule has 39 heavy (non-hydrogen) atoms. The SMILES string of the molecule is CCO/N=C(\C)c1cc(N(C)C)c2c(c1O)C(O)=C1C(=O)[C@]3(O)C(O)=C(C(N)=O)C(=O)[C@@H](N(C)C)[C@@H]3C[C@@H]1C2. The fraction of sp³-hybridized carbons (Fsp3) is 0.481. The molecule has 0 aliphatic heterocycles. The lowest BCUT2D eigenvalue weighted by molar-refractivity contribution is -0.153. The number of benzene rings is 1. The smallest absolute Gasteiger partial charge is 0.255 e. The van der Waals surface area contributed by atoms with E-state index in [0.29, 0.717) is 23.6 Å². The average molecular weight is 543 g/mol. The Bertz CT molecular complexity index is 1380. The number of nitrogens with two attached hydrogens (primary N) is 1. The third-order valence-electron chi connectivity index (χ3n) is 7.90. The summed E-state index contributed by atoms with van der Waals surface area (Å²) < 4.78 is 0. The van der Waals surface area contributed by atoms with Crippen molar-refractivity contribution in [2.75, 3.05) is 39.7 Å². The highest BCUT2D eigenvalue weighted by molar-refractivity contribution is 6.24. The highest BCUT2D eigenvalue weighted by Gasteiger charge is 2.64. The maximum absolute atomic E-state index is 14.0. The number of likely N-dealkylation sites (N-methyl/N-ethyl adjacent to an activating group) is 1. The zero-order chi connectivity index (χ0) is 29.1. The van der Waals surface area contributed by atoms with E-state index in [9.17, 15) is 34.8 Å². The second-order valence-corrected chi connectivity index (χ2v) is 10.6. The number of ketones is 2. The summed E-state index contributed by atoms with van der Waals surface area (Å²) in [5, 5.41) is 49.5. The average Bonchev–Trinajstić information content (AvgIpc) is 2.84. The molecule has 0 radical (unpaired) electrons. The summed E-state index contributed by atoms with van der Waals surface area (Å²) in [6, 6.07) is 0.579. The van der Waals surface area contributed by atoms with Gasteiger partial charge in [0.25, 0.3) is 5.91 Å². The first-order chi connectivity index (χ1) is 18.2. The Morgan fingerprint density at radius 2 is 1.85 bits per heavy atom. The first-order valence-corrected chi connectivity index (χ1v) is 12.6. The van der Waals surface area contributed by atoms with Gasteiger partial charge < -0.3 is 35.9 Å². The summed E-state index contributed by atoms with van der Waals surface area (Å²) in [6.45, 7) is 3.68. The number of carbonyl (C=O) groups is 3. The monoisotopic (exact) mass is 542 g/mol. The van der Waals surface area contributed by atoms with Gasteiger partial charge in [-0.15, -0.1) is 0 Å². The summed E-state index contributed by atoms with van der Waals surface area (Å²) in [5.74, 6) is -6.92. The standard InChI is InChI=1S/C27H34N4O8/c1-7-39-29-11(2)13-10-16(30(3)4)14-8-12-9-15-20(31(5)6)23(34)19(26(28)37)25(36)27(15,38)24(35)17(12)22(33)18(14)21(13)32/h10,12,15,20,32-33,36,38H,7-9H2,1-6H3,(H2,28,37)/b29-11+/t12-,15-,20-,27-/m0/s1. The van der Waals surface area contributed by atoms with Crippen molar-refractivity contribution in [2.24, 2.45) is 22.7 Å². The Morgan fingerprint density at radius 3 is 2.38 bits per heavy atom. The molecule has 0 aromatic heterocycles. The third kappa shape index (κ3) is 3.97. The van der Waals surface area contributed by atoms with Gasteiger partial charge >= 0.3 is 0 Å². The number of anilines is 1. The molecule has 1 aromatic carbocycles. The number of primary amides is 1. The van der Waals surface area contributed by atoms with Crippen molar-refractivity contribution in [3.8, 4) is 5.75 Å². The number of oxime groups is 1. The molecule has 0 heterocycles. The van der Waals surface area contributed by atoms with E-state index < -0.39 is 58.0 Å². The molecular formula is C27H34N4O8. The number of nitrogens with zero attached hydrogens (tertiary/aromatic N) is 3. The Kier molecular flexibility index (Phi) is 6.98. The Hall–Kier alpha value is -3.90. The second kappa shape index (κ2) is 9.69. The first-order valence-electron chi connectivity index (χ1n) is 12.6. The molecule has 4 rings (SSSR count). The van der Waals surface area contributed by atoms with E-state index in [0.717, 1.165) is 0 Å². The van der Waals surface area contributed by atoms with Crippen LogP contribution < -0.4 is 10.6 Å². The zero-order valence-electron chi connectivity index (χ0n) is 22.8. The molecule has 0 spiro atoms. The topological polar surface area (TPSA) is 186 Å². The summed E-state index contributed by atoms with van der Waals surface area (Å²) in [4.78, 5) is 47.7. The molecule has 1 aromatic rings. The van der Waals surface area contributed by atoms with Gasteiger partial charge in [-0.2, -0.15) is 0 Å². The van der Waals surface area contributed by atoms with Crippen LogP contribution in [0.3, 0.4) is 0 Å². The maximum Gasteiger partial charge on any atom is 0.255 e. The fourth-order valence-corrected chi connectivity index (χ4v) is 6.18. The van der Waals surface area contributed by atoms with Crippen LogP contribution in [-0.4, -0.2) is 95.0 Å². The molecule has 210 valence electrons. The van der Waals surface area contributed by atoms with E-state index in [1.807, 2.05) is 0 Å². The molecule has 0 saturated heterocycles. The Balaban J connectivity index is 2.00. The van der Waals surface area contributed by atoms with Gasteiger partial charge in [-0.05, 0) is 58.3 Å². The lowest BCUT2D eigenvalue weighted by Crippen LogP contribution is -2.65. The summed E-state index contributed by atoms with van der Waals surface area (Å²) in [5.41, 5.74) is 3.45. The minimum absolute atomic E-state index is 0.00135. The van der Waals surface area contributed by atoms with Crippen LogP contribution in [0.15, 0.2) is 28.1 Å². The molecule has 1 fully saturated rings. The molecule has 6 N–H and O–H groups in total. The number of aromatic hydroxyl groups is 1. The van der Waals surface area contributed by atoms with Crippen molar-refractivity contribution in [3.05, 3.63) is 39.7 Å². The Labute approximate surface area is 225 Å². The number of hydrogen-bond acceptors (Lipinski definition) is 11. The fourth-order valence-electron chi connectivity index (χ4n) is 6.18. The van der Waals surface area contributed by atoms with Gasteiger partial charge in [0.1, 0.15) is 29.4 Å². The molecule has 0 unspecified atom stereocenters. The van der Waals surface area contributed by atoms with E-state index in [4.69, 9.17) is 10.6 Å². The van der Waals surface area contributed by atoms with Gasteiger partial charge in [0.15, 0.2) is 11.4 Å². The quantitative estimate of drug-likeness (QED) is 0.195. The van der Waals surface area contributed by atoms with E-state index >= 15 is 0 Å². The molecule has 4 atom stereocenters. The molecule has 3 aliphatic rings. The van der Waals surface area contributed by atoms with Crippen LogP contribution in [0.4, 0.5) is 5.69 Å². The van der Waals surface area contributed by atoms with Crippen molar-refractivity contribution in [3.63, 3.8) is 0 Å². The number of aliphatic hydroxyl groups is 3. The van der Waals surface area contributed by atoms with Gasteiger partial charge in [0, 0.05) is 36.8 Å². The molecule has 12 nitrogen and oxygen atoms in total. The molecule has 1 amide bonds. The van der Waals surface area contributed by atoms with Crippen LogP contribution in [0.25, 0.3) is 5.76 Å². The highest BCUT2D eigenvalue weighted by Crippen LogP contribution is 2.54. The molecule has 1 saturated carbocycles. The van der Waals surface area contributed by atoms with E-state index in [1.54, 1.807) is 53.0 Å². The Morgan fingerprint density at radius 1 is 1.21 bits per heavy atom. The number of amides is 1. The van der Waals surface area contributed by atoms with Crippen LogP contribution >= 0.6 is 0 Å². The number of phenolic OH excluding ortho intramolecular Hbond substituents is 1. The normalized spacial score (nSPS) is 26.9. The van der Waals surface area contributed by atoms with Crippen molar-refractivity contribution < 1.29 is 39.6 Å². The van der Waals surface area contributed by atoms with Crippen molar-refractivity contribution in [1.82, 2.24) is 4.90 Å². The first kappa shape index (κ1) is 28.1. The van der Waals surface area contributed by atoms with E-state index in [2.05, 4.69) is 5.16 Å². The molecule has 12 heteroatoms. The summed E-state index contributed by atoms with van der Waals surface area (Å²) in [7, 11) is 6.71. The summed E-state index contributed by atoms with van der Waals surface area (Å²) in [6.07, 6.45) is 0.212. The van der Waals surface area contributed by atoms with Crippen LogP contribution in [-0.2, 0) is 25.6 Å². The number of rotatable bonds is 6. The van der Waals surface area contributed by atoms with Gasteiger partial charge in [0.2, 0.25) is 5.78 Å². The van der Waals surface area contributed by atoms with E-state index in [-0.39, 0.29) is 35.3 Å². The number of hydrogen-bond donors (Lipinski definition) is 5. The minimum Gasteiger partial charge on any atom is -0.508 e. The number of carbonyl (C=O) groups excluding carboxylic acids is 3. The number of phenols is 1. The van der Waals surface area contributed by atoms with Crippen molar-refractivity contribution in [2.45, 2.75) is 38.3 Å². The number of Topliss-reactive ketones (excluding diaryl/α,β-unsaturated/α-hetero) is 2. The van der Waals surface area contributed by atoms with Crippen LogP contribution in [0, 0.1) is 11.8 Å². The predicted octanol–water partition coefficient (Wildman–Crippen LogP) is 0.791. The van der Waals surface area contributed by atoms with Crippen molar-refractivity contribution in [1.29, 1.82) is 0 Å². The summed E-state index contributed by atoms with van der Waals surface area (Å²) >= 11 is 0. The predicted molar refractivity (Wildman–Crippen MR) is 142 cm³/mol. The van der Waals surface area contributed by atoms with Crippen LogP contribution in [0.5, 0.6) is 5.75 Å². The molecule has 0 bridgehead atoms. The van der Waals surface area contributed by atoms with E-state index in [1.165, 1.54) is 4.90 Å². The van der Waals surface area contributed by atoms with Crippen LogP contribution in [0.2, 0.25) is 0 Å². The minimum atomic E-state index is -2.69. The molecule has 3 aliphatic carbocycles. The van der Waals surface area contributed by atoms with Crippen LogP contribution in [0.1, 0.15) is 37.0 Å². The van der Waals surface area contributed by atoms with Gasteiger partial charge in [-0.25, -0.2) is 0 Å². The zero-order valence-corrected chi connectivity index (χ0v) is 22.8. The van der Waals surface area contributed by atoms with Crippen molar-refractivity contribution >= 4 is 34.6 Å². The second-order valence-electron chi connectivity index (χ2n) is 10.6. The largest absolute Gasteiger partial charge is 0.508 e.